The van der Waals surface area contributed by atoms with Gasteiger partial charge in [0.2, 0.25) is 10.0 Å². The van der Waals surface area contributed by atoms with E-state index in [1.165, 1.54) is 0 Å². The first-order chi connectivity index (χ1) is 23.8. The lowest BCUT2D eigenvalue weighted by atomic mass is 9.63. The van der Waals surface area contributed by atoms with E-state index < -0.39 is 22.6 Å². The van der Waals surface area contributed by atoms with Gasteiger partial charge in [-0.3, -0.25) is 0 Å². The van der Waals surface area contributed by atoms with E-state index in [1.807, 2.05) is 13.0 Å². The van der Waals surface area contributed by atoms with Crippen molar-refractivity contribution in [1.82, 2.24) is 9.62 Å². The fourth-order valence-electron chi connectivity index (χ4n) is 8.14. The Balaban J connectivity index is 1.44. The molecule has 3 aliphatic heterocycles. The molecule has 3 heterocycles. The third kappa shape index (κ3) is 8.01. The number of carboxylic acid groups (broad SMARTS) is 1. The minimum atomic E-state index is -3.74. The van der Waals surface area contributed by atoms with Crippen LogP contribution in [-0.4, -0.2) is 82.9 Å². The van der Waals surface area contributed by atoms with E-state index in [0.717, 1.165) is 79.8 Å². The SMILES string of the molecule is C=C(C)[C@@H]1CC2(CCN(S(=O)(=O)c3ccc(OC)c(N4CCNCC4)c3)CC2)[C@@H](CCCC)O[C@H]1c1c(C)cc(C(C)C)cc1OCC(=O)O. The average Bonchev–Trinajstić information content (AvgIpc) is 3.10. The highest BCUT2D eigenvalue weighted by molar-refractivity contribution is 7.89. The van der Waals surface area contributed by atoms with E-state index in [2.05, 4.69) is 50.6 Å². The second-order valence-corrected chi connectivity index (χ2v) is 16.7. The molecular formula is C39H57N3O7S. The smallest absolute Gasteiger partial charge is 0.341 e. The van der Waals surface area contributed by atoms with E-state index in [9.17, 15) is 18.3 Å². The van der Waals surface area contributed by atoms with Gasteiger partial charge in [0.05, 0.1) is 29.9 Å². The second kappa shape index (κ2) is 16.0. The number of methoxy groups -OCH3 is 1. The van der Waals surface area contributed by atoms with Crippen molar-refractivity contribution in [2.24, 2.45) is 11.3 Å². The molecule has 276 valence electrons. The molecule has 1 spiro atoms. The molecule has 2 aromatic rings. The Hall–Kier alpha value is -3.12. The van der Waals surface area contributed by atoms with Crippen molar-refractivity contribution in [3.63, 3.8) is 0 Å². The highest BCUT2D eigenvalue weighted by Crippen LogP contribution is 2.56. The fraction of sp³-hybridized carbons (Fsp3) is 0.615. The topological polar surface area (TPSA) is 118 Å². The molecular weight excluding hydrogens is 655 g/mol. The molecule has 11 heteroatoms. The van der Waals surface area contributed by atoms with Crippen LogP contribution in [0.25, 0.3) is 0 Å². The van der Waals surface area contributed by atoms with E-state index in [-0.39, 0.29) is 29.5 Å². The Bertz CT molecular complexity index is 1630. The number of hydrogen-bond donors (Lipinski definition) is 2. The molecule has 3 fully saturated rings. The maximum absolute atomic E-state index is 14.2. The van der Waals surface area contributed by atoms with Crippen molar-refractivity contribution >= 4 is 21.7 Å². The molecule has 0 unspecified atom stereocenters. The van der Waals surface area contributed by atoms with Crippen molar-refractivity contribution in [3.8, 4) is 11.5 Å². The Labute approximate surface area is 299 Å². The van der Waals surface area contributed by atoms with Gasteiger partial charge in [-0.05, 0) is 86.3 Å². The Morgan fingerprint density at radius 2 is 1.82 bits per heavy atom. The van der Waals surface area contributed by atoms with Crippen molar-refractivity contribution in [2.75, 3.05) is 57.9 Å². The Morgan fingerprint density at radius 3 is 2.42 bits per heavy atom. The summed E-state index contributed by atoms with van der Waals surface area (Å²) in [6.07, 6.45) is 4.62. The quantitative estimate of drug-likeness (QED) is 0.220. The third-order valence-electron chi connectivity index (χ3n) is 11.1. The second-order valence-electron chi connectivity index (χ2n) is 14.8. The van der Waals surface area contributed by atoms with Gasteiger partial charge in [0.25, 0.3) is 0 Å². The molecule has 0 radical (unpaired) electrons. The number of carbonyl (C=O) groups is 1. The number of aliphatic carboxylic acids is 1. The number of nitrogens with zero attached hydrogens (tertiary/aromatic N) is 2. The standard InChI is InChI=1S/C39H57N3O7S/c1-8-9-10-35-39(24-31(27(4)5)38(49-35)37-28(6)21-29(26(2)3)22-34(37)48-25-36(43)44)13-17-42(18-14-39)50(45,46)30-11-12-33(47-7)32(23-30)41-19-15-40-16-20-41/h11-12,21-23,26,31,35,38,40H,4,8-10,13-20,24-25H2,1-3,5-7H3,(H,43,44)/t31-,35+,38+/m0/s1. The van der Waals surface area contributed by atoms with Crippen LogP contribution >= 0.6 is 0 Å². The van der Waals surface area contributed by atoms with Gasteiger partial charge in [-0.1, -0.05) is 51.8 Å². The van der Waals surface area contributed by atoms with Gasteiger partial charge in [-0.25, -0.2) is 13.2 Å². The summed E-state index contributed by atoms with van der Waals surface area (Å²) in [5.41, 5.74) is 4.56. The van der Waals surface area contributed by atoms with Gasteiger partial charge in [-0.2, -0.15) is 4.31 Å². The zero-order valence-electron chi connectivity index (χ0n) is 30.8. The van der Waals surface area contributed by atoms with Crippen LogP contribution in [0.2, 0.25) is 0 Å². The molecule has 50 heavy (non-hydrogen) atoms. The molecule has 0 aromatic heterocycles. The number of ether oxygens (including phenoxy) is 3. The minimum absolute atomic E-state index is 0.0463. The van der Waals surface area contributed by atoms with Crippen LogP contribution in [0, 0.1) is 18.3 Å². The van der Waals surface area contributed by atoms with Crippen LogP contribution in [0.15, 0.2) is 47.4 Å². The van der Waals surface area contributed by atoms with Crippen molar-refractivity contribution in [3.05, 3.63) is 59.2 Å². The Morgan fingerprint density at radius 1 is 1.12 bits per heavy atom. The van der Waals surface area contributed by atoms with Gasteiger partial charge in [0, 0.05) is 50.7 Å². The van der Waals surface area contributed by atoms with E-state index >= 15 is 0 Å². The molecule has 0 saturated carbocycles. The van der Waals surface area contributed by atoms with Crippen LogP contribution in [0.3, 0.4) is 0 Å². The van der Waals surface area contributed by atoms with Crippen molar-refractivity contribution < 1.29 is 32.5 Å². The van der Waals surface area contributed by atoms with Gasteiger partial charge in [0.15, 0.2) is 6.61 Å². The summed E-state index contributed by atoms with van der Waals surface area (Å²) >= 11 is 0. The van der Waals surface area contributed by atoms with Crippen LogP contribution in [0.4, 0.5) is 5.69 Å². The lowest BCUT2D eigenvalue weighted by molar-refractivity contribution is -0.170. The number of carboxylic acids is 1. The third-order valence-corrected chi connectivity index (χ3v) is 13.0. The number of unbranched alkanes of at least 4 members (excludes halogenated alkanes) is 1. The van der Waals surface area contributed by atoms with E-state index in [1.54, 1.807) is 29.6 Å². The predicted octanol–water partition coefficient (Wildman–Crippen LogP) is 6.68. The number of anilines is 1. The zero-order chi connectivity index (χ0) is 36.2. The highest BCUT2D eigenvalue weighted by atomic mass is 32.2. The van der Waals surface area contributed by atoms with Crippen molar-refractivity contribution in [2.45, 2.75) is 96.2 Å². The largest absolute Gasteiger partial charge is 0.495 e. The summed E-state index contributed by atoms with van der Waals surface area (Å²) in [7, 11) is -2.12. The van der Waals surface area contributed by atoms with Gasteiger partial charge in [0.1, 0.15) is 11.5 Å². The molecule has 3 saturated heterocycles. The normalized spacial score (nSPS) is 22.9. The van der Waals surface area contributed by atoms with Crippen LogP contribution in [-0.2, 0) is 19.6 Å². The van der Waals surface area contributed by atoms with Crippen LogP contribution in [0.5, 0.6) is 11.5 Å². The summed E-state index contributed by atoms with van der Waals surface area (Å²) < 4.78 is 48.8. The van der Waals surface area contributed by atoms with Crippen LogP contribution < -0.4 is 19.7 Å². The number of benzene rings is 2. The molecule has 2 aromatic carbocycles. The molecule has 0 aliphatic carbocycles. The minimum Gasteiger partial charge on any atom is -0.495 e. The summed E-state index contributed by atoms with van der Waals surface area (Å²) in [6, 6.07) is 9.34. The number of piperazine rings is 1. The number of aryl methyl sites for hydroxylation is 1. The summed E-state index contributed by atoms with van der Waals surface area (Å²) in [5.74, 6) is 0.397. The number of piperidine rings is 1. The molecule has 3 aliphatic rings. The number of nitrogens with one attached hydrogen (secondary N) is 1. The lowest BCUT2D eigenvalue weighted by Crippen LogP contribution is -2.53. The van der Waals surface area contributed by atoms with Gasteiger partial charge >= 0.3 is 5.97 Å². The Kier molecular flexibility index (Phi) is 12.2. The molecule has 2 N–H and O–H groups in total. The number of hydrogen-bond acceptors (Lipinski definition) is 8. The summed E-state index contributed by atoms with van der Waals surface area (Å²) in [6.45, 7) is 18.5. The molecule has 10 nitrogen and oxygen atoms in total. The zero-order valence-corrected chi connectivity index (χ0v) is 31.6. The van der Waals surface area contributed by atoms with Gasteiger partial charge in [-0.15, -0.1) is 0 Å². The number of rotatable bonds is 13. The van der Waals surface area contributed by atoms with Crippen molar-refractivity contribution in [1.29, 1.82) is 0 Å². The fourth-order valence-corrected chi connectivity index (χ4v) is 9.60. The number of sulfonamides is 1. The molecule has 3 atom stereocenters. The molecule has 0 amide bonds. The lowest BCUT2D eigenvalue weighted by Gasteiger charge is -2.54. The van der Waals surface area contributed by atoms with Crippen LogP contribution in [0.1, 0.15) is 94.9 Å². The first-order valence-electron chi connectivity index (χ1n) is 18.2. The van der Waals surface area contributed by atoms with Gasteiger partial charge < -0.3 is 29.5 Å². The van der Waals surface area contributed by atoms with E-state index in [4.69, 9.17) is 14.2 Å². The molecule has 0 bridgehead atoms. The first-order valence-corrected chi connectivity index (χ1v) is 19.7. The summed E-state index contributed by atoms with van der Waals surface area (Å²) in [4.78, 5) is 14.1. The average molecular weight is 712 g/mol. The predicted molar refractivity (Wildman–Crippen MR) is 197 cm³/mol. The summed E-state index contributed by atoms with van der Waals surface area (Å²) in [5, 5.41) is 12.8. The van der Waals surface area contributed by atoms with E-state index in [0.29, 0.717) is 42.3 Å². The first kappa shape index (κ1) is 38.1. The maximum Gasteiger partial charge on any atom is 0.341 e. The monoisotopic (exact) mass is 711 g/mol. The molecule has 5 rings (SSSR count). The highest BCUT2D eigenvalue weighted by Gasteiger charge is 2.52. The maximum atomic E-state index is 14.2.